The first-order chi connectivity index (χ1) is 22.5. The average Bonchev–Trinajstić information content (AvgIpc) is 3.31. The third-order valence-electron chi connectivity index (χ3n) is 11.6. The number of quaternary nitrogens is 1. The summed E-state index contributed by atoms with van der Waals surface area (Å²) in [5.41, 5.74) is -2.62. The summed E-state index contributed by atoms with van der Waals surface area (Å²) in [6.07, 6.45) is 1.80. The molecule has 9 atom stereocenters. The quantitative estimate of drug-likeness (QED) is 0.143. The second-order valence-electron chi connectivity index (χ2n) is 14.1. The summed E-state index contributed by atoms with van der Waals surface area (Å²) in [7, 11) is 0. The van der Waals surface area contributed by atoms with Gasteiger partial charge < -0.3 is 30.6 Å². The smallest absolute Gasteiger partial charge is 0.329 e. The van der Waals surface area contributed by atoms with Gasteiger partial charge >= 0.3 is 11.9 Å². The number of esters is 1. The third kappa shape index (κ3) is 6.23. The van der Waals surface area contributed by atoms with Crippen molar-refractivity contribution in [2.75, 3.05) is 6.61 Å². The highest BCUT2D eigenvalue weighted by atomic mass is 16.8. The van der Waals surface area contributed by atoms with E-state index in [1.807, 2.05) is 0 Å². The molecule has 14 heteroatoms. The molecule has 3 fully saturated rings. The van der Waals surface area contributed by atoms with E-state index in [0.717, 1.165) is 11.6 Å². The Hall–Kier alpha value is -3.82. The fourth-order valence-corrected chi connectivity index (χ4v) is 8.97. The number of aliphatic carboxylic acids is 1. The van der Waals surface area contributed by atoms with Gasteiger partial charge in [0, 0.05) is 42.7 Å². The minimum Gasteiger partial charge on any atom is -0.595 e. The highest BCUT2D eigenvalue weighted by Crippen LogP contribution is 2.66. The number of rotatable bonds is 11. The standard InChI is InChI=1S/C34H42N2O12/c1-32-12-10-21(37)15-19(32)6-7-22-23-11-13-34(45,33(23,2)16-24(38)28(22)32)25(39)17-48-27(41)9-8-26(40)35-29(31(43)44)30(42)18-4-3-5-20(14-18)36(46)47/h3-5,14-15,22-23,28-30,36,42,45-46H,6-13,16-17H2,1-2H3,(H,35,40)(H,43,44)/t22-,23-,28-,29+,30-,32+,33-,34+/m1/s1. The first-order valence-corrected chi connectivity index (χ1v) is 16.2. The molecule has 1 aromatic rings. The molecule has 14 nitrogen and oxygen atoms in total. The van der Waals surface area contributed by atoms with Gasteiger partial charge in [-0.15, -0.1) is 0 Å². The second kappa shape index (κ2) is 13.2. The normalized spacial score (nSPS) is 32.9. The van der Waals surface area contributed by atoms with Gasteiger partial charge in [0.2, 0.25) is 11.7 Å². The van der Waals surface area contributed by atoms with Gasteiger partial charge in [0.25, 0.3) is 0 Å². The Balaban J connectivity index is 1.16. The van der Waals surface area contributed by atoms with E-state index in [1.165, 1.54) is 18.2 Å². The van der Waals surface area contributed by atoms with Crippen LogP contribution in [-0.2, 0) is 33.5 Å². The molecular weight excluding hydrogens is 628 g/mol. The summed E-state index contributed by atoms with van der Waals surface area (Å²) in [6.45, 7) is 3.04. The predicted octanol–water partition coefficient (Wildman–Crippen LogP) is 1.03. The molecule has 0 saturated heterocycles. The van der Waals surface area contributed by atoms with E-state index in [2.05, 4.69) is 12.2 Å². The molecule has 0 heterocycles. The van der Waals surface area contributed by atoms with Gasteiger partial charge in [-0.1, -0.05) is 31.6 Å². The van der Waals surface area contributed by atoms with E-state index >= 15 is 0 Å². The fourth-order valence-electron chi connectivity index (χ4n) is 8.97. The zero-order chi connectivity index (χ0) is 35.2. The number of Topliss-reactive ketones (excluding diaryl/α,β-unsaturated/α-hetero) is 2. The molecule has 0 radical (unpaired) electrons. The Morgan fingerprint density at radius 3 is 2.52 bits per heavy atom. The molecule has 1 unspecified atom stereocenters. The largest absolute Gasteiger partial charge is 0.595 e. The van der Waals surface area contributed by atoms with Crippen LogP contribution in [0.4, 0.5) is 5.69 Å². The topological polar surface area (TPSA) is 232 Å². The number of aliphatic hydroxyl groups is 2. The maximum Gasteiger partial charge on any atom is 0.329 e. The van der Waals surface area contributed by atoms with Gasteiger partial charge in [-0.2, -0.15) is 5.23 Å². The highest BCUT2D eigenvalue weighted by molar-refractivity contribution is 5.95. The van der Waals surface area contributed by atoms with Crippen molar-refractivity contribution in [2.45, 2.75) is 89.4 Å². The number of amides is 1. The zero-order valence-corrected chi connectivity index (χ0v) is 26.9. The molecule has 260 valence electrons. The summed E-state index contributed by atoms with van der Waals surface area (Å²) < 4.78 is 5.12. The van der Waals surface area contributed by atoms with Crippen molar-refractivity contribution in [1.82, 2.24) is 5.32 Å². The van der Waals surface area contributed by atoms with Gasteiger partial charge in [0.15, 0.2) is 24.1 Å². The van der Waals surface area contributed by atoms with Crippen molar-refractivity contribution in [3.8, 4) is 0 Å². The van der Waals surface area contributed by atoms with Crippen LogP contribution in [0.5, 0.6) is 0 Å². The number of carbonyl (C=O) groups is 6. The minimum atomic E-state index is -1.90. The number of nitrogens with one attached hydrogen (secondary N) is 2. The molecular formula is C34H42N2O12. The summed E-state index contributed by atoms with van der Waals surface area (Å²) in [5.74, 6) is -4.61. The number of benzene rings is 1. The number of carbonyl (C=O) groups excluding carboxylic acids is 5. The third-order valence-corrected chi connectivity index (χ3v) is 11.6. The first kappa shape index (κ1) is 35.5. The monoisotopic (exact) mass is 670 g/mol. The van der Waals surface area contributed by atoms with Gasteiger partial charge in [0.05, 0.1) is 6.42 Å². The number of hydrogen-bond donors (Lipinski definition) is 6. The number of carboxylic acid groups (broad SMARTS) is 1. The van der Waals surface area contributed by atoms with E-state index in [9.17, 15) is 49.3 Å². The summed E-state index contributed by atoms with van der Waals surface area (Å²) in [5, 5.41) is 53.1. The van der Waals surface area contributed by atoms with Crippen molar-refractivity contribution in [3.05, 3.63) is 46.7 Å². The molecule has 3 saturated carbocycles. The van der Waals surface area contributed by atoms with Crippen LogP contribution >= 0.6 is 0 Å². The molecule has 0 aliphatic heterocycles. The van der Waals surface area contributed by atoms with Crippen molar-refractivity contribution in [3.63, 3.8) is 0 Å². The fraction of sp³-hybridized carbons (Fsp3) is 0.588. The van der Waals surface area contributed by atoms with Gasteiger partial charge in [-0.25, -0.2) is 10.0 Å². The molecule has 0 spiro atoms. The number of ether oxygens (including phenoxy) is 1. The van der Waals surface area contributed by atoms with Crippen molar-refractivity contribution in [1.29, 1.82) is 0 Å². The van der Waals surface area contributed by atoms with E-state index in [0.29, 0.717) is 32.1 Å². The van der Waals surface area contributed by atoms with Crippen LogP contribution in [0.3, 0.4) is 0 Å². The average molecular weight is 671 g/mol. The summed E-state index contributed by atoms with van der Waals surface area (Å²) in [6, 6.07) is 3.10. The van der Waals surface area contributed by atoms with Crippen LogP contribution in [0.15, 0.2) is 35.9 Å². The lowest BCUT2D eigenvalue weighted by Crippen LogP contribution is -2.99. The Bertz CT molecular complexity index is 1560. The second-order valence-corrected chi connectivity index (χ2v) is 14.1. The van der Waals surface area contributed by atoms with Crippen LogP contribution in [0.2, 0.25) is 0 Å². The van der Waals surface area contributed by atoms with Crippen LogP contribution in [-0.4, -0.2) is 74.0 Å². The first-order valence-electron chi connectivity index (χ1n) is 16.2. The zero-order valence-electron chi connectivity index (χ0n) is 26.9. The van der Waals surface area contributed by atoms with Crippen LogP contribution in [0, 0.1) is 33.8 Å². The number of aliphatic hydroxyl groups excluding tert-OH is 1. The van der Waals surface area contributed by atoms with Crippen molar-refractivity contribution >= 4 is 40.9 Å². The molecule has 48 heavy (non-hydrogen) atoms. The van der Waals surface area contributed by atoms with E-state index in [4.69, 9.17) is 9.94 Å². The molecule has 1 aromatic carbocycles. The highest BCUT2D eigenvalue weighted by Gasteiger charge is 2.68. The molecule has 0 aromatic heterocycles. The predicted molar refractivity (Wildman–Crippen MR) is 164 cm³/mol. The number of allylic oxidation sites excluding steroid dienone is 1. The lowest BCUT2D eigenvalue weighted by Gasteiger charge is -2.57. The summed E-state index contributed by atoms with van der Waals surface area (Å²) in [4.78, 5) is 76.1. The van der Waals surface area contributed by atoms with Crippen LogP contribution in [0.25, 0.3) is 0 Å². The Kier molecular flexibility index (Phi) is 9.79. The van der Waals surface area contributed by atoms with Gasteiger partial charge in [0.1, 0.15) is 17.5 Å². The molecule has 5 rings (SSSR count). The Morgan fingerprint density at radius 2 is 1.83 bits per heavy atom. The maximum absolute atomic E-state index is 13.8. The molecule has 6 N–H and O–H groups in total. The lowest BCUT2D eigenvalue weighted by molar-refractivity contribution is -0.991. The number of ketones is 3. The van der Waals surface area contributed by atoms with Crippen LogP contribution in [0.1, 0.15) is 83.3 Å². The SMILES string of the molecule is C[C@]12CCC(=O)C=C1CC[C@@H]1[C@H]3CC[C@](O)(C(=O)COC(=O)CCC(=O)N[C@H](C(=O)O)[C@H](O)c4cccc([NH+]([O-])O)c4)[C@]3(C)CC(=O)[C@@H]12. The van der Waals surface area contributed by atoms with Gasteiger partial charge in [-0.05, 0) is 61.0 Å². The molecule has 1 amide bonds. The Morgan fingerprint density at radius 1 is 1.10 bits per heavy atom. The van der Waals surface area contributed by atoms with Crippen molar-refractivity contribution in [2.24, 2.45) is 28.6 Å². The van der Waals surface area contributed by atoms with E-state index in [-0.39, 0.29) is 53.4 Å². The molecule has 4 aliphatic rings. The number of fused-ring (bicyclic) bond motifs is 5. The van der Waals surface area contributed by atoms with Gasteiger partial charge in [-0.3, -0.25) is 24.0 Å². The van der Waals surface area contributed by atoms with Crippen LogP contribution < -0.4 is 10.5 Å². The molecule has 0 bridgehead atoms. The van der Waals surface area contributed by atoms with E-state index in [1.54, 1.807) is 13.0 Å². The number of carboxylic acids is 1. The summed E-state index contributed by atoms with van der Waals surface area (Å²) >= 11 is 0. The van der Waals surface area contributed by atoms with E-state index < -0.39 is 76.9 Å². The Labute approximate surface area is 276 Å². The minimum absolute atomic E-state index is 0.0107. The van der Waals surface area contributed by atoms with Crippen molar-refractivity contribution < 1.29 is 59.3 Å². The number of hydrogen-bond acceptors (Lipinski definition) is 11. The maximum atomic E-state index is 13.8. The molecule has 4 aliphatic carbocycles. The lowest BCUT2D eigenvalue weighted by atomic mass is 9.46.